The van der Waals surface area contributed by atoms with Crippen LogP contribution >= 0.6 is 22.7 Å². The molecule has 0 aliphatic rings. The zero-order valence-corrected chi connectivity index (χ0v) is 23.8. The molecule has 4 amide bonds. The van der Waals surface area contributed by atoms with E-state index in [9.17, 15) is 19.2 Å². The quantitative estimate of drug-likeness (QED) is 0.196. The second-order valence-electron chi connectivity index (χ2n) is 9.36. The van der Waals surface area contributed by atoms with E-state index >= 15 is 0 Å². The molecule has 0 bridgehead atoms. The Balaban J connectivity index is 1.41. The lowest BCUT2D eigenvalue weighted by Crippen LogP contribution is -2.20. The number of rotatable bonds is 11. The number of nitrogens with two attached hydrogens (primary N) is 2. The van der Waals surface area contributed by atoms with E-state index in [-0.39, 0.29) is 24.0 Å². The van der Waals surface area contributed by atoms with Gasteiger partial charge < -0.3 is 22.1 Å². The first kappa shape index (κ1) is 28.7. The van der Waals surface area contributed by atoms with Crippen LogP contribution in [0, 0.1) is 13.8 Å². The van der Waals surface area contributed by atoms with E-state index in [1.165, 1.54) is 22.7 Å². The maximum atomic E-state index is 12.8. The van der Waals surface area contributed by atoms with Gasteiger partial charge >= 0.3 is 0 Å². The van der Waals surface area contributed by atoms with Gasteiger partial charge in [-0.3, -0.25) is 19.2 Å². The van der Waals surface area contributed by atoms with E-state index in [4.69, 9.17) is 11.5 Å². The predicted octanol–water partition coefficient (Wildman–Crippen LogP) is 5.16. The van der Waals surface area contributed by atoms with Crippen molar-refractivity contribution in [3.63, 3.8) is 0 Å². The number of hydrogen-bond acceptors (Lipinski definition) is 6. The van der Waals surface area contributed by atoms with E-state index in [1.807, 2.05) is 74.5 Å². The largest absolute Gasteiger partial charge is 0.365 e. The van der Waals surface area contributed by atoms with Crippen LogP contribution in [0.1, 0.15) is 65.6 Å². The van der Waals surface area contributed by atoms with Gasteiger partial charge in [0, 0.05) is 35.4 Å². The molecule has 4 aromatic rings. The van der Waals surface area contributed by atoms with Gasteiger partial charge in [-0.1, -0.05) is 60.7 Å². The molecule has 0 atom stereocenters. The standard InChI is InChI=1S/C30H30N4O4S2/c1-17-21(15-19-9-5-3-6-10-19)39-29(25(17)27(31)37)33-23(35)13-14-24(36)34-30-26(28(32)38)18(2)22(40-30)16-20-11-7-4-8-12-20/h3-12H,13-16H2,1-2H3,(H2,31,37)(H2,32,38)(H,33,35)(H,34,36). The van der Waals surface area contributed by atoms with Crippen molar-refractivity contribution < 1.29 is 19.2 Å². The van der Waals surface area contributed by atoms with Crippen molar-refractivity contribution in [2.24, 2.45) is 11.5 Å². The molecule has 0 aliphatic heterocycles. The van der Waals surface area contributed by atoms with Crippen molar-refractivity contribution in [2.75, 3.05) is 10.6 Å². The van der Waals surface area contributed by atoms with Gasteiger partial charge in [-0.05, 0) is 36.1 Å². The van der Waals surface area contributed by atoms with E-state index < -0.39 is 23.6 Å². The van der Waals surface area contributed by atoms with E-state index in [1.54, 1.807) is 0 Å². The molecule has 40 heavy (non-hydrogen) atoms. The molecule has 2 aromatic carbocycles. The summed E-state index contributed by atoms with van der Waals surface area (Å²) in [5, 5.41) is 6.26. The molecule has 0 fully saturated rings. The Hall–Kier alpha value is -4.28. The zero-order chi connectivity index (χ0) is 28.8. The van der Waals surface area contributed by atoms with Crippen molar-refractivity contribution in [3.05, 3.63) is 104 Å². The van der Waals surface area contributed by atoms with Crippen molar-refractivity contribution in [1.29, 1.82) is 0 Å². The summed E-state index contributed by atoms with van der Waals surface area (Å²) in [5.41, 5.74) is 15.4. The average Bonchev–Trinajstić information content (AvgIpc) is 3.38. The monoisotopic (exact) mass is 574 g/mol. The average molecular weight is 575 g/mol. The number of carbonyl (C=O) groups is 4. The van der Waals surface area contributed by atoms with Gasteiger partial charge in [0.05, 0.1) is 11.1 Å². The summed E-state index contributed by atoms with van der Waals surface area (Å²) in [7, 11) is 0. The SMILES string of the molecule is Cc1c(Cc2ccccc2)sc(NC(=O)CCC(=O)Nc2sc(Cc3ccccc3)c(C)c2C(N)=O)c1C(N)=O. The third-order valence-electron chi connectivity index (χ3n) is 6.48. The van der Waals surface area contributed by atoms with Gasteiger partial charge in [0.25, 0.3) is 11.8 Å². The number of primary amides is 2. The Morgan fingerprint density at radius 1 is 0.625 bits per heavy atom. The summed E-state index contributed by atoms with van der Waals surface area (Å²) in [6, 6.07) is 19.6. The maximum absolute atomic E-state index is 12.8. The molecular formula is C30H30N4O4S2. The summed E-state index contributed by atoms with van der Waals surface area (Å²) in [4.78, 5) is 51.7. The van der Waals surface area contributed by atoms with Gasteiger partial charge in [0.15, 0.2) is 0 Å². The van der Waals surface area contributed by atoms with Crippen LogP contribution in [-0.2, 0) is 22.4 Å². The highest BCUT2D eigenvalue weighted by Crippen LogP contribution is 2.36. The van der Waals surface area contributed by atoms with Gasteiger partial charge in [-0.15, -0.1) is 22.7 Å². The fourth-order valence-corrected chi connectivity index (χ4v) is 6.92. The maximum Gasteiger partial charge on any atom is 0.251 e. The lowest BCUT2D eigenvalue weighted by atomic mass is 10.1. The van der Waals surface area contributed by atoms with Gasteiger partial charge in [-0.25, -0.2) is 0 Å². The molecule has 206 valence electrons. The number of anilines is 2. The molecular weight excluding hydrogens is 544 g/mol. The Bertz CT molecular complexity index is 1440. The van der Waals surface area contributed by atoms with Crippen LogP contribution < -0.4 is 22.1 Å². The molecule has 2 aromatic heterocycles. The fraction of sp³-hybridized carbons (Fsp3) is 0.200. The van der Waals surface area contributed by atoms with Gasteiger partial charge in [0.1, 0.15) is 10.0 Å². The fourth-order valence-electron chi connectivity index (χ4n) is 4.40. The number of thiophene rings is 2. The van der Waals surface area contributed by atoms with Crippen molar-refractivity contribution in [2.45, 2.75) is 39.5 Å². The Morgan fingerprint density at radius 3 is 1.30 bits per heavy atom. The van der Waals surface area contributed by atoms with Crippen LogP contribution in [0.5, 0.6) is 0 Å². The molecule has 0 saturated carbocycles. The molecule has 0 spiro atoms. The zero-order valence-electron chi connectivity index (χ0n) is 22.2. The molecule has 8 nitrogen and oxygen atoms in total. The predicted molar refractivity (Wildman–Crippen MR) is 160 cm³/mol. The Kier molecular flexibility index (Phi) is 9.13. The molecule has 0 aliphatic carbocycles. The van der Waals surface area contributed by atoms with E-state index in [0.717, 1.165) is 32.0 Å². The van der Waals surface area contributed by atoms with Crippen LogP contribution in [0.15, 0.2) is 60.7 Å². The van der Waals surface area contributed by atoms with Crippen molar-refractivity contribution >= 4 is 56.3 Å². The lowest BCUT2D eigenvalue weighted by molar-refractivity contribution is -0.121. The number of carbonyl (C=O) groups excluding carboxylic acids is 4. The molecule has 0 radical (unpaired) electrons. The third kappa shape index (κ3) is 6.83. The normalized spacial score (nSPS) is 10.8. The van der Waals surface area contributed by atoms with Crippen LogP contribution in [0.25, 0.3) is 0 Å². The van der Waals surface area contributed by atoms with Gasteiger partial charge in [0.2, 0.25) is 11.8 Å². The Labute approximate surface area is 240 Å². The lowest BCUT2D eigenvalue weighted by Gasteiger charge is -2.07. The van der Waals surface area contributed by atoms with Gasteiger partial charge in [-0.2, -0.15) is 0 Å². The van der Waals surface area contributed by atoms with Crippen LogP contribution in [0.2, 0.25) is 0 Å². The topological polar surface area (TPSA) is 144 Å². The Morgan fingerprint density at radius 2 is 0.975 bits per heavy atom. The highest BCUT2D eigenvalue weighted by molar-refractivity contribution is 7.17. The molecule has 0 saturated heterocycles. The highest BCUT2D eigenvalue weighted by Gasteiger charge is 2.23. The first-order chi connectivity index (χ1) is 19.1. The highest BCUT2D eigenvalue weighted by atomic mass is 32.1. The number of hydrogen-bond donors (Lipinski definition) is 4. The minimum atomic E-state index is -0.626. The van der Waals surface area contributed by atoms with Crippen LogP contribution in [-0.4, -0.2) is 23.6 Å². The summed E-state index contributed by atoms with van der Waals surface area (Å²) in [6.45, 7) is 3.62. The van der Waals surface area contributed by atoms with E-state index in [0.29, 0.717) is 22.8 Å². The summed E-state index contributed by atoms with van der Waals surface area (Å²) in [5.74, 6) is -2.10. The molecule has 10 heteroatoms. The molecule has 2 heterocycles. The number of nitrogens with one attached hydrogen (secondary N) is 2. The second-order valence-corrected chi connectivity index (χ2v) is 11.6. The van der Waals surface area contributed by atoms with E-state index in [2.05, 4.69) is 10.6 Å². The first-order valence-electron chi connectivity index (χ1n) is 12.7. The second kappa shape index (κ2) is 12.7. The number of amides is 4. The van der Waals surface area contributed by atoms with Crippen LogP contribution in [0.3, 0.4) is 0 Å². The summed E-state index contributed by atoms with van der Waals surface area (Å²) >= 11 is 2.60. The van der Waals surface area contributed by atoms with Crippen LogP contribution in [0.4, 0.5) is 10.0 Å². The third-order valence-corrected chi connectivity index (χ3v) is 8.90. The first-order valence-corrected chi connectivity index (χ1v) is 14.3. The minimum absolute atomic E-state index is 0.123. The summed E-state index contributed by atoms with van der Waals surface area (Å²) in [6.07, 6.45) is 0.958. The smallest absolute Gasteiger partial charge is 0.251 e. The molecule has 6 N–H and O–H groups in total. The summed E-state index contributed by atoms with van der Waals surface area (Å²) < 4.78 is 0. The van der Waals surface area contributed by atoms with Crippen molar-refractivity contribution in [1.82, 2.24) is 0 Å². The molecule has 4 rings (SSSR count). The molecule has 0 unspecified atom stereocenters. The van der Waals surface area contributed by atoms with Crippen molar-refractivity contribution in [3.8, 4) is 0 Å². The number of benzene rings is 2. The minimum Gasteiger partial charge on any atom is -0.365 e.